The zero-order valence-corrected chi connectivity index (χ0v) is 18.5. The number of hydrogen-bond acceptors (Lipinski definition) is 10. The number of carbonyl (C=O) groups excluding carboxylic acids is 1. The number of nitrogens with zero attached hydrogens (tertiary/aromatic N) is 4. The van der Waals surface area contributed by atoms with Crippen molar-refractivity contribution < 1.29 is 23.4 Å². The second kappa shape index (κ2) is 8.99. The van der Waals surface area contributed by atoms with Crippen molar-refractivity contribution in [3.05, 3.63) is 6.33 Å². The van der Waals surface area contributed by atoms with Gasteiger partial charge >= 0.3 is 14.1 Å². The highest BCUT2D eigenvalue weighted by Gasteiger charge is 2.37. The molecule has 0 radical (unpaired) electrons. The van der Waals surface area contributed by atoms with Gasteiger partial charge in [0.05, 0.1) is 19.5 Å². The van der Waals surface area contributed by atoms with Crippen molar-refractivity contribution in [2.24, 2.45) is 5.92 Å². The van der Waals surface area contributed by atoms with Gasteiger partial charge in [0.15, 0.2) is 17.0 Å². The maximum Gasteiger partial charge on any atom is 0.613 e. The number of nitrogens with two attached hydrogens (primary N) is 1. The van der Waals surface area contributed by atoms with Crippen LogP contribution in [-0.2, 0) is 23.4 Å². The third-order valence-electron chi connectivity index (χ3n) is 5.32. The molecule has 31 heavy (non-hydrogen) atoms. The van der Waals surface area contributed by atoms with Crippen LogP contribution in [0.2, 0.25) is 0 Å². The molecule has 1 unspecified atom stereocenters. The molecular weight excluding hydrogens is 425 g/mol. The molecule has 1 aliphatic heterocycles. The number of rotatable bonds is 9. The summed E-state index contributed by atoms with van der Waals surface area (Å²) in [6, 6.07) is -0.325. The SMILES string of the molecule is COC(=O)[C@@H](C)N[P+](=O)OC[C@@H]1C[C@H](C)[C@H](n2cnc3c(NC4CC4)nc(N)nc32)O1. The lowest BCUT2D eigenvalue weighted by Crippen LogP contribution is -2.30. The number of carbonyl (C=O) groups is 1. The molecule has 13 heteroatoms. The first-order valence-electron chi connectivity index (χ1n) is 10.2. The van der Waals surface area contributed by atoms with Crippen LogP contribution in [0, 0.1) is 5.92 Å². The maximum atomic E-state index is 12.1. The zero-order valence-electron chi connectivity index (χ0n) is 17.6. The van der Waals surface area contributed by atoms with E-state index in [1.807, 2.05) is 4.57 Å². The summed E-state index contributed by atoms with van der Waals surface area (Å²) in [5.41, 5.74) is 7.18. The number of hydrogen-bond donors (Lipinski definition) is 3. The van der Waals surface area contributed by atoms with Crippen molar-refractivity contribution >= 4 is 37.1 Å². The highest BCUT2D eigenvalue weighted by molar-refractivity contribution is 7.36. The Morgan fingerprint density at radius 2 is 2.23 bits per heavy atom. The van der Waals surface area contributed by atoms with Crippen LogP contribution in [0.4, 0.5) is 11.8 Å². The van der Waals surface area contributed by atoms with Gasteiger partial charge in [-0.25, -0.2) is 4.98 Å². The molecule has 1 saturated heterocycles. The van der Waals surface area contributed by atoms with Crippen LogP contribution >= 0.6 is 8.18 Å². The second-order valence-corrected chi connectivity index (χ2v) is 8.99. The third-order valence-corrected chi connectivity index (χ3v) is 6.30. The number of imidazole rings is 1. The Balaban J connectivity index is 1.41. The van der Waals surface area contributed by atoms with Gasteiger partial charge < -0.3 is 20.5 Å². The number of fused-ring (bicyclic) bond motifs is 1. The predicted octanol–water partition coefficient (Wildman–Crippen LogP) is 1.73. The zero-order chi connectivity index (χ0) is 22.1. The van der Waals surface area contributed by atoms with Gasteiger partial charge in [0.2, 0.25) is 5.95 Å². The van der Waals surface area contributed by atoms with Crippen molar-refractivity contribution in [3.63, 3.8) is 0 Å². The summed E-state index contributed by atoms with van der Waals surface area (Å²) in [5, 5.41) is 5.91. The van der Waals surface area contributed by atoms with E-state index < -0.39 is 20.2 Å². The van der Waals surface area contributed by atoms with Crippen LogP contribution in [0.5, 0.6) is 0 Å². The van der Waals surface area contributed by atoms with E-state index in [2.05, 4.69) is 37.0 Å². The molecule has 0 amide bonds. The van der Waals surface area contributed by atoms with E-state index in [0.717, 1.165) is 12.8 Å². The first-order valence-corrected chi connectivity index (χ1v) is 11.4. The minimum Gasteiger partial charge on any atom is -0.468 e. The number of anilines is 2. The first-order chi connectivity index (χ1) is 14.9. The molecule has 1 saturated carbocycles. The highest BCUT2D eigenvalue weighted by Crippen LogP contribution is 2.37. The highest BCUT2D eigenvalue weighted by atomic mass is 31.1. The Morgan fingerprint density at radius 1 is 1.45 bits per heavy atom. The number of nitrogen functional groups attached to an aromatic ring is 1. The van der Waals surface area contributed by atoms with E-state index in [0.29, 0.717) is 29.4 Å². The fourth-order valence-electron chi connectivity index (χ4n) is 3.58. The Bertz CT molecular complexity index is 982. The summed E-state index contributed by atoms with van der Waals surface area (Å²) in [6.45, 7) is 3.73. The van der Waals surface area contributed by atoms with Gasteiger partial charge in [-0.2, -0.15) is 9.97 Å². The van der Waals surface area contributed by atoms with Crippen LogP contribution < -0.4 is 16.1 Å². The molecule has 2 aromatic rings. The van der Waals surface area contributed by atoms with E-state index in [9.17, 15) is 9.36 Å². The Labute approximate surface area is 180 Å². The third kappa shape index (κ3) is 4.93. The average molecular weight is 452 g/mol. The number of ether oxygens (including phenoxy) is 2. The molecule has 0 aromatic carbocycles. The summed E-state index contributed by atoms with van der Waals surface area (Å²) < 4.78 is 30.0. The van der Waals surface area contributed by atoms with Crippen LogP contribution in [0.25, 0.3) is 11.2 Å². The minimum atomic E-state index is -2.23. The van der Waals surface area contributed by atoms with E-state index in [-0.39, 0.29) is 30.8 Å². The topological polar surface area (TPSA) is 156 Å². The molecule has 3 heterocycles. The standard InChI is InChI=1S/C18H27N7O5P/c1-9-6-12(7-29-31(27)24-10(2)17(26)28-3)30-16(9)25-8-20-13-14(21-11-4-5-11)22-18(19)23-15(13)25/h8-12,16H,4-7H2,1-3H3,(H,24,27)(H3,19,21,22,23)/q+1/t9-,10+,12-,16+/m0/s1. The smallest absolute Gasteiger partial charge is 0.468 e. The van der Waals surface area contributed by atoms with Crippen molar-refractivity contribution in [1.29, 1.82) is 0 Å². The summed E-state index contributed by atoms with van der Waals surface area (Å²) in [6.07, 6.45) is 4.00. The van der Waals surface area contributed by atoms with Gasteiger partial charge in [0.1, 0.15) is 18.9 Å². The summed E-state index contributed by atoms with van der Waals surface area (Å²) in [7, 11) is -0.963. The molecule has 12 nitrogen and oxygen atoms in total. The monoisotopic (exact) mass is 452 g/mol. The maximum absolute atomic E-state index is 12.1. The normalized spacial score (nSPS) is 24.9. The van der Waals surface area contributed by atoms with Gasteiger partial charge in [-0.1, -0.05) is 12.0 Å². The molecule has 1 aliphatic carbocycles. The molecule has 2 aromatic heterocycles. The van der Waals surface area contributed by atoms with Crippen LogP contribution in [0.1, 0.15) is 39.3 Å². The molecular formula is C18H27N7O5P+. The van der Waals surface area contributed by atoms with E-state index >= 15 is 0 Å². The molecule has 2 aliphatic rings. The van der Waals surface area contributed by atoms with Crippen LogP contribution in [0.15, 0.2) is 6.33 Å². The lowest BCUT2D eigenvalue weighted by atomic mass is 10.1. The van der Waals surface area contributed by atoms with Crippen molar-refractivity contribution in [2.75, 3.05) is 24.8 Å². The molecule has 5 atom stereocenters. The van der Waals surface area contributed by atoms with Crippen molar-refractivity contribution in [3.8, 4) is 0 Å². The van der Waals surface area contributed by atoms with E-state index in [1.54, 1.807) is 13.3 Å². The molecule has 168 valence electrons. The molecule has 0 bridgehead atoms. The second-order valence-electron chi connectivity index (χ2n) is 7.96. The number of nitrogens with one attached hydrogen (secondary N) is 2. The predicted molar refractivity (Wildman–Crippen MR) is 112 cm³/mol. The Hall–Kier alpha value is -2.40. The number of methoxy groups -OCH3 is 1. The van der Waals surface area contributed by atoms with Crippen molar-refractivity contribution in [2.45, 2.75) is 57.5 Å². The number of esters is 1. The van der Waals surface area contributed by atoms with E-state index in [4.69, 9.17) is 15.0 Å². The van der Waals surface area contributed by atoms with Gasteiger partial charge in [-0.3, -0.25) is 9.36 Å². The quantitative estimate of drug-likeness (QED) is 0.376. The van der Waals surface area contributed by atoms with Crippen molar-refractivity contribution in [1.82, 2.24) is 24.6 Å². The molecule has 4 rings (SSSR count). The summed E-state index contributed by atoms with van der Waals surface area (Å²) in [5.74, 6) is 0.436. The number of aromatic nitrogens is 4. The lowest BCUT2D eigenvalue weighted by molar-refractivity contribution is -0.142. The molecule has 2 fully saturated rings. The Kier molecular flexibility index (Phi) is 6.33. The molecule has 4 N–H and O–H groups in total. The fourth-order valence-corrected chi connectivity index (χ4v) is 4.38. The summed E-state index contributed by atoms with van der Waals surface area (Å²) in [4.78, 5) is 24.6. The van der Waals surface area contributed by atoms with Gasteiger partial charge in [-0.05, 0) is 30.8 Å². The van der Waals surface area contributed by atoms with Gasteiger partial charge in [-0.15, -0.1) is 4.52 Å². The van der Waals surface area contributed by atoms with Crippen LogP contribution in [0.3, 0.4) is 0 Å². The average Bonchev–Trinajstić information content (AvgIpc) is 3.33. The molecule has 0 spiro atoms. The fraction of sp³-hybridized carbons (Fsp3) is 0.667. The van der Waals surface area contributed by atoms with Gasteiger partial charge in [0.25, 0.3) is 0 Å². The summed E-state index contributed by atoms with van der Waals surface area (Å²) >= 11 is 0. The minimum absolute atomic E-state index is 0.120. The van der Waals surface area contributed by atoms with Gasteiger partial charge in [0, 0.05) is 12.0 Å². The first kappa shape index (κ1) is 21.8. The van der Waals surface area contributed by atoms with E-state index in [1.165, 1.54) is 7.11 Å². The largest absolute Gasteiger partial charge is 0.613 e. The van der Waals surface area contributed by atoms with Crippen LogP contribution in [-0.4, -0.2) is 57.4 Å². The Morgan fingerprint density at radius 3 is 2.94 bits per heavy atom. The lowest BCUT2D eigenvalue weighted by Gasteiger charge is -2.17.